The van der Waals surface area contributed by atoms with E-state index in [9.17, 15) is 4.79 Å². The lowest BCUT2D eigenvalue weighted by atomic mass is 9.53. The SMILES string of the molecule is CCn1ncc(Cl)c1CNC(=O)NC12CC3CC(CC(C3)C1)C2. The van der Waals surface area contributed by atoms with Crippen molar-refractivity contribution >= 4 is 17.6 Å². The molecule has 4 bridgehead atoms. The molecule has 126 valence electrons. The molecule has 23 heavy (non-hydrogen) atoms. The van der Waals surface area contributed by atoms with Crippen LogP contribution in [-0.2, 0) is 13.1 Å². The van der Waals surface area contributed by atoms with Gasteiger partial charge >= 0.3 is 6.03 Å². The van der Waals surface area contributed by atoms with Gasteiger partial charge in [-0.1, -0.05) is 11.6 Å². The third-order valence-electron chi connectivity index (χ3n) is 6.03. The maximum Gasteiger partial charge on any atom is 0.315 e. The van der Waals surface area contributed by atoms with Crippen LogP contribution in [0.15, 0.2) is 6.20 Å². The Morgan fingerprint density at radius 1 is 1.30 bits per heavy atom. The van der Waals surface area contributed by atoms with E-state index < -0.39 is 0 Å². The largest absolute Gasteiger partial charge is 0.333 e. The van der Waals surface area contributed by atoms with E-state index in [2.05, 4.69) is 15.7 Å². The number of aryl methyl sites for hydroxylation is 1. The number of carbonyl (C=O) groups excluding carboxylic acids is 1. The Labute approximate surface area is 142 Å². The zero-order chi connectivity index (χ0) is 16.0. The monoisotopic (exact) mass is 336 g/mol. The minimum absolute atomic E-state index is 0.0492. The zero-order valence-corrected chi connectivity index (χ0v) is 14.4. The summed E-state index contributed by atoms with van der Waals surface area (Å²) in [7, 11) is 0. The first-order chi connectivity index (χ1) is 11.1. The van der Waals surface area contributed by atoms with Crippen LogP contribution in [0, 0.1) is 17.8 Å². The van der Waals surface area contributed by atoms with Crippen molar-refractivity contribution in [3.05, 3.63) is 16.9 Å². The van der Waals surface area contributed by atoms with Crippen LogP contribution in [0.3, 0.4) is 0 Å². The number of hydrogen-bond acceptors (Lipinski definition) is 2. The fraction of sp³-hybridized carbons (Fsp3) is 0.765. The smallest absolute Gasteiger partial charge is 0.315 e. The molecule has 1 aromatic rings. The van der Waals surface area contributed by atoms with Gasteiger partial charge in [-0.2, -0.15) is 5.10 Å². The van der Waals surface area contributed by atoms with Crippen molar-refractivity contribution in [1.29, 1.82) is 0 Å². The molecule has 0 atom stereocenters. The molecule has 0 unspecified atom stereocenters. The highest BCUT2D eigenvalue weighted by atomic mass is 35.5. The second-order valence-corrected chi connectivity index (χ2v) is 8.17. The highest BCUT2D eigenvalue weighted by Gasteiger charge is 2.51. The van der Waals surface area contributed by atoms with Crippen LogP contribution < -0.4 is 10.6 Å². The quantitative estimate of drug-likeness (QED) is 0.886. The number of nitrogens with zero attached hydrogens (tertiary/aromatic N) is 2. The molecule has 5 rings (SSSR count). The molecule has 0 aliphatic heterocycles. The molecule has 0 saturated heterocycles. The van der Waals surface area contributed by atoms with Crippen LogP contribution in [0.25, 0.3) is 0 Å². The van der Waals surface area contributed by atoms with Crippen molar-refractivity contribution in [2.75, 3.05) is 0 Å². The standard InChI is InChI=1S/C17H25ClN4O/c1-2-22-15(14(18)9-20-22)10-19-16(23)21-17-6-11-3-12(7-17)5-13(4-11)8-17/h9,11-13H,2-8,10H2,1H3,(H2,19,21,23). The van der Waals surface area contributed by atoms with E-state index in [0.717, 1.165) is 30.0 Å². The van der Waals surface area contributed by atoms with Gasteiger partial charge in [0, 0.05) is 12.1 Å². The molecule has 4 fully saturated rings. The van der Waals surface area contributed by atoms with Crippen LogP contribution >= 0.6 is 11.6 Å². The molecule has 4 aliphatic rings. The molecular weight excluding hydrogens is 312 g/mol. The molecule has 5 nitrogen and oxygen atoms in total. The Morgan fingerprint density at radius 2 is 1.91 bits per heavy atom. The Balaban J connectivity index is 1.38. The van der Waals surface area contributed by atoms with Crippen LogP contribution in [0.4, 0.5) is 4.79 Å². The zero-order valence-electron chi connectivity index (χ0n) is 13.6. The summed E-state index contributed by atoms with van der Waals surface area (Å²) in [4.78, 5) is 12.4. The van der Waals surface area contributed by atoms with Crippen LogP contribution in [0.1, 0.15) is 51.1 Å². The van der Waals surface area contributed by atoms with E-state index in [-0.39, 0.29) is 11.6 Å². The Morgan fingerprint density at radius 3 is 2.48 bits per heavy atom. The molecule has 0 radical (unpaired) electrons. The molecule has 2 amide bonds. The third-order valence-corrected chi connectivity index (χ3v) is 6.35. The van der Waals surface area contributed by atoms with Crippen LogP contribution in [0.2, 0.25) is 5.02 Å². The summed E-state index contributed by atoms with van der Waals surface area (Å²) < 4.78 is 1.83. The average Bonchev–Trinajstić information content (AvgIpc) is 2.83. The Hall–Kier alpha value is -1.23. The summed E-state index contributed by atoms with van der Waals surface area (Å²) in [6, 6.07) is -0.0631. The molecule has 1 heterocycles. The second kappa shape index (κ2) is 5.69. The first kappa shape index (κ1) is 15.3. The van der Waals surface area contributed by atoms with Gasteiger partial charge in [0.05, 0.1) is 23.5 Å². The predicted octanol–water partition coefficient (Wildman–Crippen LogP) is 3.32. The van der Waals surface area contributed by atoms with Crippen molar-refractivity contribution in [3.8, 4) is 0 Å². The van der Waals surface area contributed by atoms with Gasteiger partial charge in [0.25, 0.3) is 0 Å². The summed E-state index contributed by atoms with van der Waals surface area (Å²) in [5.74, 6) is 2.49. The maximum atomic E-state index is 12.4. The number of amides is 2. The van der Waals surface area contributed by atoms with E-state index in [1.165, 1.54) is 38.5 Å². The first-order valence-electron chi connectivity index (χ1n) is 8.83. The average molecular weight is 337 g/mol. The molecule has 0 aromatic carbocycles. The van der Waals surface area contributed by atoms with E-state index in [4.69, 9.17) is 11.6 Å². The fourth-order valence-corrected chi connectivity index (χ4v) is 5.76. The fourth-order valence-electron chi connectivity index (χ4n) is 5.55. The molecule has 6 heteroatoms. The Bertz CT molecular complexity index is 576. The van der Waals surface area contributed by atoms with Crippen LogP contribution in [-0.4, -0.2) is 21.4 Å². The lowest BCUT2D eigenvalue weighted by molar-refractivity contribution is -0.0135. The summed E-state index contributed by atoms with van der Waals surface area (Å²) in [5.41, 5.74) is 0.919. The van der Waals surface area contributed by atoms with Crippen molar-refractivity contribution in [3.63, 3.8) is 0 Å². The van der Waals surface area contributed by atoms with Gasteiger partial charge in [-0.05, 0) is 63.2 Å². The second-order valence-electron chi connectivity index (χ2n) is 7.76. The lowest BCUT2D eigenvalue weighted by Crippen LogP contribution is -2.61. The predicted molar refractivity (Wildman–Crippen MR) is 89.2 cm³/mol. The highest BCUT2D eigenvalue weighted by Crippen LogP contribution is 2.55. The highest BCUT2D eigenvalue weighted by molar-refractivity contribution is 6.31. The number of nitrogens with one attached hydrogen (secondary N) is 2. The van der Waals surface area contributed by atoms with E-state index in [1.807, 2.05) is 11.6 Å². The molecule has 4 saturated carbocycles. The molecule has 0 spiro atoms. The summed E-state index contributed by atoms with van der Waals surface area (Å²) in [6.45, 7) is 3.19. The van der Waals surface area contributed by atoms with Gasteiger partial charge in [-0.15, -0.1) is 0 Å². The lowest BCUT2D eigenvalue weighted by Gasteiger charge is -2.56. The number of hydrogen-bond donors (Lipinski definition) is 2. The topological polar surface area (TPSA) is 59.0 Å². The van der Waals surface area contributed by atoms with E-state index in [1.54, 1.807) is 6.20 Å². The van der Waals surface area contributed by atoms with Crippen LogP contribution in [0.5, 0.6) is 0 Å². The van der Waals surface area contributed by atoms with Gasteiger partial charge < -0.3 is 10.6 Å². The van der Waals surface area contributed by atoms with Crippen molar-refractivity contribution in [2.45, 2.75) is 64.1 Å². The van der Waals surface area contributed by atoms with Gasteiger partial charge in [0.2, 0.25) is 0 Å². The van der Waals surface area contributed by atoms with Gasteiger partial charge in [0.15, 0.2) is 0 Å². The summed E-state index contributed by atoms with van der Waals surface area (Å²) >= 11 is 6.15. The molecule has 2 N–H and O–H groups in total. The van der Waals surface area contributed by atoms with Crippen molar-refractivity contribution in [2.24, 2.45) is 17.8 Å². The summed E-state index contributed by atoms with van der Waals surface area (Å²) in [6.07, 6.45) is 9.29. The molecular formula is C17H25ClN4O. The van der Waals surface area contributed by atoms with Gasteiger partial charge in [-0.25, -0.2) is 4.79 Å². The Kier molecular flexibility index (Phi) is 3.79. The minimum Gasteiger partial charge on any atom is -0.333 e. The number of carbonyl (C=O) groups is 1. The maximum absolute atomic E-state index is 12.4. The minimum atomic E-state index is -0.0631. The summed E-state index contributed by atoms with van der Waals surface area (Å²) in [5, 5.41) is 11.1. The van der Waals surface area contributed by atoms with Crippen molar-refractivity contribution < 1.29 is 4.79 Å². The third kappa shape index (κ3) is 2.84. The normalized spacial score (nSPS) is 34.6. The van der Waals surface area contributed by atoms with Gasteiger partial charge in [0.1, 0.15) is 0 Å². The van der Waals surface area contributed by atoms with Crippen molar-refractivity contribution in [1.82, 2.24) is 20.4 Å². The van der Waals surface area contributed by atoms with E-state index >= 15 is 0 Å². The first-order valence-corrected chi connectivity index (χ1v) is 9.21. The van der Waals surface area contributed by atoms with Gasteiger partial charge in [-0.3, -0.25) is 4.68 Å². The number of halogens is 1. The van der Waals surface area contributed by atoms with E-state index in [0.29, 0.717) is 11.6 Å². The molecule has 4 aliphatic carbocycles. The number of aromatic nitrogens is 2. The number of rotatable bonds is 4. The molecule has 1 aromatic heterocycles. The number of urea groups is 1.